The van der Waals surface area contributed by atoms with Crippen LogP contribution in [0.25, 0.3) is 0 Å². The van der Waals surface area contributed by atoms with Crippen molar-refractivity contribution in [3.63, 3.8) is 0 Å². The summed E-state index contributed by atoms with van der Waals surface area (Å²) < 4.78 is 7.41. The molecule has 0 aliphatic carbocycles. The van der Waals surface area contributed by atoms with E-state index in [1.54, 1.807) is 17.8 Å². The van der Waals surface area contributed by atoms with Crippen molar-refractivity contribution < 1.29 is 9.53 Å². The lowest BCUT2D eigenvalue weighted by molar-refractivity contribution is -0.00709. The Balaban J connectivity index is 1.61. The molecular weight excluding hydrogens is 377 g/mol. The Morgan fingerprint density at radius 3 is 2.88 bits per heavy atom. The van der Waals surface area contributed by atoms with Crippen molar-refractivity contribution in [2.24, 2.45) is 7.05 Å². The Hall–Kier alpha value is -1.83. The summed E-state index contributed by atoms with van der Waals surface area (Å²) in [4.78, 5) is 16.8. The van der Waals surface area contributed by atoms with E-state index >= 15 is 0 Å². The Labute approximate surface area is 162 Å². The number of anilines is 1. The van der Waals surface area contributed by atoms with Crippen LogP contribution in [0, 0.1) is 0 Å². The summed E-state index contributed by atoms with van der Waals surface area (Å²) in [6.45, 7) is 4.86. The normalized spacial score (nSPS) is 19.1. The number of hydrogen-bond donors (Lipinski definition) is 2. The van der Waals surface area contributed by atoms with Gasteiger partial charge in [0, 0.05) is 38.3 Å². The minimum atomic E-state index is -0.153. The van der Waals surface area contributed by atoms with Gasteiger partial charge in [-0.25, -0.2) is 4.98 Å². The van der Waals surface area contributed by atoms with Gasteiger partial charge < -0.3 is 15.4 Å². The van der Waals surface area contributed by atoms with Crippen molar-refractivity contribution in [1.29, 1.82) is 0 Å². The summed E-state index contributed by atoms with van der Waals surface area (Å²) in [5.41, 5.74) is 2.39. The average molecular weight is 398 g/mol. The van der Waals surface area contributed by atoms with Crippen LogP contribution in [0.5, 0.6) is 0 Å². The summed E-state index contributed by atoms with van der Waals surface area (Å²) in [7, 11) is 1.78. The molecule has 2 aromatic rings. The van der Waals surface area contributed by atoms with E-state index in [4.69, 9.17) is 27.9 Å². The van der Waals surface area contributed by atoms with Crippen LogP contribution in [0.2, 0.25) is 10.0 Å². The Morgan fingerprint density at radius 1 is 1.38 bits per heavy atom. The van der Waals surface area contributed by atoms with Crippen molar-refractivity contribution in [2.45, 2.75) is 32.5 Å². The monoisotopic (exact) mass is 397 g/mol. The number of carbonyl (C=O) groups excluding carboxylic acids is 1. The second-order valence-electron chi connectivity index (χ2n) is 6.30. The van der Waals surface area contributed by atoms with Crippen molar-refractivity contribution in [3.8, 4) is 0 Å². The highest BCUT2D eigenvalue weighted by Crippen LogP contribution is 2.31. The molecule has 9 heteroatoms. The van der Waals surface area contributed by atoms with Crippen LogP contribution in [0.3, 0.4) is 0 Å². The van der Waals surface area contributed by atoms with E-state index in [9.17, 15) is 4.79 Å². The molecule has 2 atom stereocenters. The first-order valence-corrected chi connectivity index (χ1v) is 9.16. The first-order valence-electron chi connectivity index (χ1n) is 8.41. The fraction of sp³-hybridized carbons (Fsp3) is 0.471. The minimum absolute atomic E-state index is 0.0630. The molecule has 140 valence electrons. The Bertz CT molecular complexity index is 824. The maximum atomic E-state index is 12.6. The number of rotatable bonds is 5. The Morgan fingerprint density at radius 2 is 2.15 bits per heavy atom. The summed E-state index contributed by atoms with van der Waals surface area (Å²) >= 11 is 11.9. The molecule has 2 N–H and O–H groups in total. The molecule has 0 saturated heterocycles. The zero-order valence-corrected chi connectivity index (χ0v) is 16.4. The number of ether oxygens (including phenoxy) is 1. The second kappa shape index (κ2) is 7.82. The van der Waals surface area contributed by atoms with E-state index < -0.39 is 0 Å². The topological polar surface area (TPSA) is 81.1 Å². The van der Waals surface area contributed by atoms with Gasteiger partial charge in [0.2, 0.25) is 0 Å². The zero-order chi connectivity index (χ0) is 18.8. The number of halogens is 2. The molecule has 7 nitrogen and oxygen atoms in total. The largest absolute Gasteiger partial charge is 0.369 e. The smallest absolute Gasteiger partial charge is 0.269 e. The van der Waals surface area contributed by atoms with Gasteiger partial charge in [0.15, 0.2) is 0 Å². The number of carbonyl (C=O) groups is 1. The molecule has 3 rings (SSSR count). The van der Waals surface area contributed by atoms with E-state index in [0.717, 1.165) is 11.3 Å². The number of nitrogens with one attached hydrogen (secondary N) is 2. The molecule has 0 bridgehead atoms. The van der Waals surface area contributed by atoms with Crippen LogP contribution < -0.4 is 10.6 Å². The van der Waals surface area contributed by atoms with E-state index in [-0.39, 0.29) is 18.1 Å². The molecule has 0 spiro atoms. The molecule has 0 aromatic carbocycles. The summed E-state index contributed by atoms with van der Waals surface area (Å²) in [6.07, 6.45) is 2.15. The molecule has 0 unspecified atom stereocenters. The highest BCUT2D eigenvalue weighted by molar-refractivity contribution is 6.35. The van der Waals surface area contributed by atoms with Crippen molar-refractivity contribution in [1.82, 2.24) is 20.1 Å². The standard InChI is InChI=1S/C17H21Cl2N5O2/c1-9-6-12-14(10(2)26-9)23-24(3)15(12)17(25)21-5-4-20-16-13(19)7-11(18)8-22-16/h7-10H,4-6H2,1-3H3,(H,20,22)(H,21,25)/t9-,10+/m1/s1. The van der Waals surface area contributed by atoms with Gasteiger partial charge in [0.25, 0.3) is 5.91 Å². The van der Waals surface area contributed by atoms with Crippen LogP contribution in [0.4, 0.5) is 5.82 Å². The van der Waals surface area contributed by atoms with E-state index in [1.807, 2.05) is 13.8 Å². The SMILES string of the molecule is C[C@@H]1Cc2c(nn(C)c2C(=O)NCCNc2ncc(Cl)cc2Cl)[C@H](C)O1. The lowest BCUT2D eigenvalue weighted by Crippen LogP contribution is -2.32. The number of aromatic nitrogens is 3. The summed E-state index contributed by atoms with van der Waals surface area (Å²) in [5, 5.41) is 11.4. The molecule has 0 saturated carbocycles. The van der Waals surface area contributed by atoms with Crippen molar-refractivity contribution in [2.75, 3.05) is 18.4 Å². The molecular formula is C17H21Cl2N5O2. The molecule has 26 heavy (non-hydrogen) atoms. The maximum absolute atomic E-state index is 12.6. The molecule has 2 aromatic heterocycles. The number of aryl methyl sites for hydroxylation is 1. The molecule has 1 aliphatic rings. The lowest BCUT2D eigenvalue weighted by Gasteiger charge is -2.24. The van der Waals surface area contributed by atoms with Gasteiger partial charge in [0.05, 0.1) is 27.9 Å². The van der Waals surface area contributed by atoms with Crippen LogP contribution in [0.1, 0.15) is 41.7 Å². The minimum Gasteiger partial charge on any atom is -0.369 e. The highest BCUT2D eigenvalue weighted by atomic mass is 35.5. The quantitative estimate of drug-likeness (QED) is 0.757. The lowest BCUT2D eigenvalue weighted by atomic mass is 9.99. The zero-order valence-electron chi connectivity index (χ0n) is 14.8. The van der Waals surface area contributed by atoms with Crippen molar-refractivity contribution >= 4 is 34.9 Å². The first-order chi connectivity index (χ1) is 12.4. The fourth-order valence-corrected chi connectivity index (χ4v) is 3.58. The first kappa shape index (κ1) is 18.9. The van der Waals surface area contributed by atoms with E-state index in [1.165, 1.54) is 6.20 Å². The number of amides is 1. The van der Waals surface area contributed by atoms with Gasteiger partial charge >= 0.3 is 0 Å². The van der Waals surface area contributed by atoms with Crippen LogP contribution >= 0.6 is 23.2 Å². The van der Waals surface area contributed by atoms with Gasteiger partial charge in [0.1, 0.15) is 11.5 Å². The third-order valence-electron chi connectivity index (χ3n) is 4.22. The molecule has 1 amide bonds. The molecule has 1 aliphatic heterocycles. The second-order valence-corrected chi connectivity index (χ2v) is 7.14. The molecule has 3 heterocycles. The van der Waals surface area contributed by atoms with Gasteiger partial charge in [-0.1, -0.05) is 23.2 Å². The average Bonchev–Trinajstić information content (AvgIpc) is 2.89. The Kier molecular flexibility index (Phi) is 5.70. The third kappa shape index (κ3) is 3.95. The maximum Gasteiger partial charge on any atom is 0.269 e. The van der Waals surface area contributed by atoms with Gasteiger partial charge in [-0.05, 0) is 19.9 Å². The fourth-order valence-electron chi connectivity index (χ4n) is 3.13. The van der Waals surface area contributed by atoms with E-state index in [2.05, 4.69) is 20.7 Å². The number of nitrogens with zero attached hydrogens (tertiary/aromatic N) is 3. The third-order valence-corrected chi connectivity index (χ3v) is 4.71. The molecule has 0 fully saturated rings. The van der Waals surface area contributed by atoms with Crippen LogP contribution in [-0.2, 0) is 18.2 Å². The predicted molar refractivity (Wildman–Crippen MR) is 101 cm³/mol. The van der Waals surface area contributed by atoms with Gasteiger partial charge in [-0.15, -0.1) is 0 Å². The number of hydrogen-bond acceptors (Lipinski definition) is 5. The number of fused-ring (bicyclic) bond motifs is 1. The van der Waals surface area contributed by atoms with E-state index in [0.29, 0.717) is 41.1 Å². The van der Waals surface area contributed by atoms with Crippen LogP contribution in [-0.4, -0.2) is 39.9 Å². The van der Waals surface area contributed by atoms with Gasteiger partial charge in [-0.2, -0.15) is 5.10 Å². The van der Waals surface area contributed by atoms with Gasteiger partial charge in [-0.3, -0.25) is 9.48 Å². The molecule has 0 radical (unpaired) electrons. The summed E-state index contributed by atoms with van der Waals surface area (Å²) in [6, 6.07) is 1.61. The number of pyridine rings is 1. The van der Waals surface area contributed by atoms with Crippen LogP contribution in [0.15, 0.2) is 12.3 Å². The highest BCUT2D eigenvalue weighted by Gasteiger charge is 2.31. The van der Waals surface area contributed by atoms with Crippen molar-refractivity contribution in [3.05, 3.63) is 39.3 Å². The summed E-state index contributed by atoms with van der Waals surface area (Å²) in [5.74, 6) is 0.377. The predicted octanol–water partition coefficient (Wildman–Crippen LogP) is 2.99.